The molecule has 6 heteroatoms. The Morgan fingerprint density at radius 3 is 2.91 bits per heavy atom. The zero-order valence-corrected chi connectivity index (χ0v) is 14.5. The Labute approximate surface area is 137 Å². The molecule has 0 aromatic carbocycles. The molecule has 0 radical (unpaired) electrons. The van der Waals surface area contributed by atoms with E-state index in [0.717, 1.165) is 17.4 Å². The normalized spacial score (nSPS) is 23.0. The molecule has 1 amide bonds. The SMILES string of the molecule is C=CCn1c(C)nnc1S[C@H](C)C(=O)N[C@H]1CCCC[C@@H]1C. The van der Waals surface area contributed by atoms with Crippen molar-refractivity contribution in [1.82, 2.24) is 20.1 Å². The summed E-state index contributed by atoms with van der Waals surface area (Å²) in [4.78, 5) is 12.4. The molecule has 1 heterocycles. The maximum absolute atomic E-state index is 12.4. The third-order valence-corrected chi connectivity index (χ3v) is 5.38. The monoisotopic (exact) mass is 322 g/mol. The second-order valence-corrected chi connectivity index (χ2v) is 7.37. The smallest absolute Gasteiger partial charge is 0.233 e. The van der Waals surface area contributed by atoms with Crippen LogP contribution < -0.4 is 5.32 Å². The summed E-state index contributed by atoms with van der Waals surface area (Å²) in [6.45, 7) is 10.5. The first-order valence-electron chi connectivity index (χ1n) is 8.00. The summed E-state index contributed by atoms with van der Waals surface area (Å²) >= 11 is 1.46. The van der Waals surface area contributed by atoms with Gasteiger partial charge in [-0.3, -0.25) is 4.79 Å². The van der Waals surface area contributed by atoms with Gasteiger partial charge >= 0.3 is 0 Å². The second-order valence-electron chi connectivity index (χ2n) is 6.07. The fraction of sp³-hybridized carbons (Fsp3) is 0.688. The highest BCUT2D eigenvalue weighted by Crippen LogP contribution is 2.26. The van der Waals surface area contributed by atoms with Crippen LogP contribution in [0.1, 0.15) is 45.4 Å². The van der Waals surface area contributed by atoms with Crippen molar-refractivity contribution in [2.24, 2.45) is 5.92 Å². The minimum absolute atomic E-state index is 0.0922. The van der Waals surface area contributed by atoms with Crippen LogP contribution in [0.5, 0.6) is 0 Å². The molecule has 122 valence electrons. The van der Waals surface area contributed by atoms with Crippen LogP contribution in [0.2, 0.25) is 0 Å². The molecule has 5 nitrogen and oxygen atoms in total. The summed E-state index contributed by atoms with van der Waals surface area (Å²) in [6.07, 6.45) is 6.61. The third kappa shape index (κ3) is 4.12. The zero-order valence-electron chi connectivity index (χ0n) is 13.7. The highest BCUT2D eigenvalue weighted by atomic mass is 32.2. The van der Waals surface area contributed by atoms with Gasteiger partial charge in [0, 0.05) is 12.6 Å². The molecule has 1 aromatic heterocycles. The number of nitrogens with zero attached hydrogens (tertiary/aromatic N) is 3. The molecular formula is C16H26N4OS. The van der Waals surface area contributed by atoms with Crippen molar-refractivity contribution in [3.8, 4) is 0 Å². The Morgan fingerprint density at radius 1 is 1.50 bits per heavy atom. The maximum atomic E-state index is 12.4. The van der Waals surface area contributed by atoms with Gasteiger partial charge < -0.3 is 9.88 Å². The van der Waals surface area contributed by atoms with Gasteiger partial charge in [-0.1, -0.05) is 37.6 Å². The first kappa shape index (κ1) is 17.1. The Kier molecular flexibility index (Phi) is 6.06. The van der Waals surface area contributed by atoms with E-state index in [2.05, 4.69) is 29.0 Å². The number of carbonyl (C=O) groups excluding carboxylic acids is 1. The van der Waals surface area contributed by atoms with E-state index >= 15 is 0 Å². The van der Waals surface area contributed by atoms with Crippen LogP contribution in [-0.2, 0) is 11.3 Å². The molecule has 1 aliphatic rings. The maximum Gasteiger partial charge on any atom is 0.233 e. The van der Waals surface area contributed by atoms with Gasteiger partial charge in [0.05, 0.1) is 5.25 Å². The number of rotatable bonds is 6. The Morgan fingerprint density at radius 2 is 2.23 bits per heavy atom. The lowest BCUT2D eigenvalue weighted by Gasteiger charge is -2.30. The summed E-state index contributed by atoms with van der Waals surface area (Å²) < 4.78 is 1.98. The Hall–Kier alpha value is -1.30. The second kappa shape index (κ2) is 7.81. The molecule has 0 bridgehead atoms. The molecule has 0 unspecified atom stereocenters. The van der Waals surface area contributed by atoms with Crippen molar-refractivity contribution in [1.29, 1.82) is 0 Å². The zero-order chi connectivity index (χ0) is 16.1. The van der Waals surface area contributed by atoms with E-state index in [1.54, 1.807) is 0 Å². The number of nitrogens with one attached hydrogen (secondary N) is 1. The first-order valence-corrected chi connectivity index (χ1v) is 8.88. The lowest BCUT2D eigenvalue weighted by Crippen LogP contribution is -2.44. The van der Waals surface area contributed by atoms with Crippen LogP contribution in [0.4, 0.5) is 0 Å². The standard InChI is InChI=1S/C16H26N4OS/c1-5-10-20-13(4)18-19-16(20)22-12(3)15(21)17-14-9-7-6-8-11(14)2/h5,11-12,14H,1,6-10H2,2-4H3,(H,17,21)/t11-,12+,14-/m0/s1. The molecule has 1 N–H and O–H groups in total. The number of amides is 1. The molecule has 0 aliphatic heterocycles. The fourth-order valence-electron chi connectivity index (χ4n) is 2.83. The van der Waals surface area contributed by atoms with Crippen LogP contribution in [-0.4, -0.2) is 32.0 Å². The average molecular weight is 322 g/mol. The van der Waals surface area contributed by atoms with Crippen molar-refractivity contribution in [2.45, 2.75) is 69.4 Å². The summed E-state index contributed by atoms with van der Waals surface area (Å²) in [5.74, 6) is 1.51. The number of aromatic nitrogens is 3. The first-order chi connectivity index (χ1) is 10.5. The number of hydrogen-bond acceptors (Lipinski definition) is 4. The molecule has 3 atom stereocenters. The number of aryl methyl sites for hydroxylation is 1. The van der Waals surface area contributed by atoms with Gasteiger partial charge in [0.25, 0.3) is 0 Å². The predicted octanol–water partition coefficient (Wildman–Crippen LogP) is 2.95. The minimum Gasteiger partial charge on any atom is -0.352 e. The van der Waals surface area contributed by atoms with Crippen molar-refractivity contribution in [2.75, 3.05) is 0 Å². The van der Waals surface area contributed by atoms with Gasteiger partial charge in [0.15, 0.2) is 5.16 Å². The number of thioether (sulfide) groups is 1. The van der Waals surface area contributed by atoms with E-state index in [1.165, 1.54) is 31.0 Å². The molecule has 22 heavy (non-hydrogen) atoms. The van der Waals surface area contributed by atoms with Crippen LogP contribution >= 0.6 is 11.8 Å². The topological polar surface area (TPSA) is 59.8 Å². The summed E-state index contributed by atoms with van der Waals surface area (Å²) in [7, 11) is 0. The Balaban J connectivity index is 1.95. The highest BCUT2D eigenvalue weighted by Gasteiger charge is 2.26. The predicted molar refractivity (Wildman–Crippen MR) is 89.8 cm³/mol. The van der Waals surface area contributed by atoms with Crippen molar-refractivity contribution >= 4 is 17.7 Å². The van der Waals surface area contributed by atoms with Gasteiger partial charge in [-0.05, 0) is 32.6 Å². The van der Waals surface area contributed by atoms with Gasteiger partial charge in [0.2, 0.25) is 5.91 Å². The molecule has 1 aromatic rings. The number of carbonyl (C=O) groups is 1. The van der Waals surface area contributed by atoms with Crippen molar-refractivity contribution in [3.05, 3.63) is 18.5 Å². The molecule has 1 aliphatic carbocycles. The lowest BCUT2D eigenvalue weighted by molar-refractivity contribution is -0.121. The third-order valence-electron chi connectivity index (χ3n) is 4.30. The van der Waals surface area contributed by atoms with Crippen molar-refractivity contribution < 1.29 is 4.79 Å². The highest BCUT2D eigenvalue weighted by molar-refractivity contribution is 8.00. The molecule has 0 saturated heterocycles. The van der Waals surface area contributed by atoms with Gasteiger partial charge in [-0.25, -0.2) is 0 Å². The van der Waals surface area contributed by atoms with E-state index in [0.29, 0.717) is 18.5 Å². The van der Waals surface area contributed by atoms with E-state index in [-0.39, 0.29) is 11.2 Å². The fourth-order valence-corrected chi connectivity index (χ4v) is 3.74. The summed E-state index contributed by atoms with van der Waals surface area (Å²) in [5.41, 5.74) is 0. The van der Waals surface area contributed by atoms with Crippen LogP contribution in [0.15, 0.2) is 17.8 Å². The Bertz CT molecular complexity index is 528. The van der Waals surface area contributed by atoms with E-state index in [4.69, 9.17) is 0 Å². The summed E-state index contributed by atoms with van der Waals surface area (Å²) in [5, 5.41) is 12.1. The molecule has 0 spiro atoms. The van der Waals surface area contributed by atoms with Crippen LogP contribution in [0.3, 0.4) is 0 Å². The number of hydrogen-bond donors (Lipinski definition) is 1. The van der Waals surface area contributed by atoms with Gasteiger partial charge in [-0.2, -0.15) is 0 Å². The van der Waals surface area contributed by atoms with E-state index in [1.807, 2.05) is 24.5 Å². The van der Waals surface area contributed by atoms with E-state index in [9.17, 15) is 4.79 Å². The minimum atomic E-state index is -0.179. The van der Waals surface area contributed by atoms with Gasteiger partial charge in [0.1, 0.15) is 5.82 Å². The average Bonchev–Trinajstić information content (AvgIpc) is 2.83. The molecule has 1 fully saturated rings. The molecule has 1 saturated carbocycles. The van der Waals surface area contributed by atoms with Crippen molar-refractivity contribution in [3.63, 3.8) is 0 Å². The largest absolute Gasteiger partial charge is 0.352 e. The molecule has 2 rings (SSSR count). The quantitative estimate of drug-likeness (QED) is 0.646. The lowest BCUT2D eigenvalue weighted by atomic mass is 9.86. The van der Waals surface area contributed by atoms with Crippen LogP contribution in [0, 0.1) is 12.8 Å². The van der Waals surface area contributed by atoms with Crippen LogP contribution in [0.25, 0.3) is 0 Å². The van der Waals surface area contributed by atoms with E-state index < -0.39 is 0 Å². The van der Waals surface area contributed by atoms with Gasteiger partial charge in [-0.15, -0.1) is 16.8 Å². The molecular weight excluding hydrogens is 296 g/mol. The summed E-state index contributed by atoms with van der Waals surface area (Å²) in [6, 6.07) is 0.317. The number of allylic oxidation sites excluding steroid dienone is 1.